The Balaban J connectivity index is 1.89. The summed E-state index contributed by atoms with van der Waals surface area (Å²) in [6.07, 6.45) is 0. The van der Waals surface area contributed by atoms with Crippen molar-refractivity contribution in [2.24, 2.45) is 0 Å². The van der Waals surface area contributed by atoms with E-state index in [0.717, 1.165) is 4.47 Å². The van der Waals surface area contributed by atoms with Crippen LogP contribution in [0.2, 0.25) is 0 Å². The zero-order valence-corrected chi connectivity index (χ0v) is 15.5. The van der Waals surface area contributed by atoms with Gasteiger partial charge in [-0.25, -0.2) is 0 Å². The second-order valence-electron chi connectivity index (χ2n) is 4.95. The van der Waals surface area contributed by atoms with Crippen molar-refractivity contribution in [1.29, 1.82) is 0 Å². The molecule has 0 aliphatic rings. The SMILES string of the molecule is Cc1c(NC(=S)NC(=O)COc2ccc(Br)cc2)cccc1[N+](=O)[O-]. The van der Waals surface area contributed by atoms with E-state index >= 15 is 0 Å². The van der Waals surface area contributed by atoms with E-state index in [1.165, 1.54) is 12.1 Å². The number of nitrogens with one attached hydrogen (secondary N) is 2. The Morgan fingerprint density at radius 2 is 1.96 bits per heavy atom. The van der Waals surface area contributed by atoms with Gasteiger partial charge in [-0.3, -0.25) is 20.2 Å². The van der Waals surface area contributed by atoms with E-state index in [1.807, 2.05) is 0 Å². The first-order chi connectivity index (χ1) is 11.9. The summed E-state index contributed by atoms with van der Waals surface area (Å²) in [6.45, 7) is 1.39. The van der Waals surface area contributed by atoms with Gasteiger partial charge in [-0.2, -0.15) is 0 Å². The van der Waals surface area contributed by atoms with Gasteiger partial charge in [0.15, 0.2) is 11.7 Å². The van der Waals surface area contributed by atoms with Crippen molar-refractivity contribution in [1.82, 2.24) is 5.32 Å². The van der Waals surface area contributed by atoms with Crippen LogP contribution in [-0.2, 0) is 4.79 Å². The Morgan fingerprint density at radius 3 is 2.60 bits per heavy atom. The van der Waals surface area contributed by atoms with E-state index in [4.69, 9.17) is 17.0 Å². The molecule has 0 atom stereocenters. The molecule has 25 heavy (non-hydrogen) atoms. The van der Waals surface area contributed by atoms with Gasteiger partial charge in [-0.15, -0.1) is 0 Å². The van der Waals surface area contributed by atoms with Crippen LogP contribution in [0.1, 0.15) is 5.56 Å². The van der Waals surface area contributed by atoms with Crippen LogP contribution in [0.15, 0.2) is 46.9 Å². The van der Waals surface area contributed by atoms with Gasteiger partial charge in [0.05, 0.1) is 16.2 Å². The molecule has 2 aromatic carbocycles. The summed E-state index contributed by atoms with van der Waals surface area (Å²) in [5.74, 6) is 0.107. The Labute approximate surface area is 157 Å². The standard InChI is InChI=1S/C16H14BrN3O4S/c1-10-13(3-2-4-14(10)20(22)23)18-16(25)19-15(21)9-24-12-7-5-11(17)6-8-12/h2-8H,9H2,1H3,(H2,18,19,21,25). The molecule has 0 saturated carbocycles. The molecule has 1 amide bonds. The molecule has 2 N–H and O–H groups in total. The van der Waals surface area contributed by atoms with Crippen molar-refractivity contribution in [3.8, 4) is 5.75 Å². The number of anilines is 1. The summed E-state index contributed by atoms with van der Waals surface area (Å²) in [6, 6.07) is 11.6. The van der Waals surface area contributed by atoms with Gasteiger partial charge in [0.25, 0.3) is 11.6 Å². The van der Waals surface area contributed by atoms with Gasteiger partial charge >= 0.3 is 0 Å². The Morgan fingerprint density at radius 1 is 1.28 bits per heavy atom. The molecule has 7 nitrogen and oxygen atoms in total. The van der Waals surface area contributed by atoms with Crippen LogP contribution in [-0.4, -0.2) is 22.5 Å². The van der Waals surface area contributed by atoms with Crippen LogP contribution in [0.3, 0.4) is 0 Å². The number of rotatable bonds is 5. The molecule has 0 unspecified atom stereocenters. The minimum Gasteiger partial charge on any atom is -0.484 e. The lowest BCUT2D eigenvalue weighted by atomic mass is 10.1. The molecule has 2 aromatic rings. The lowest BCUT2D eigenvalue weighted by Crippen LogP contribution is -2.37. The fraction of sp³-hybridized carbons (Fsp3) is 0.125. The molecule has 0 aliphatic carbocycles. The zero-order valence-electron chi connectivity index (χ0n) is 13.1. The number of benzene rings is 2. The molecule has 0 aromatic heterocycles. The maximum atomic E-state index is 11.9. The number of nitro benzene ring substituents is 1. The third kappa shape index (κ3) is 5.50. The van der Waals surface area contributed by atoms with Crippen molar-refractivity contribution in [3.63, 3.8) is 0 Å². The zero-order chi connectivity index (χ0) is 18.4. The lowest BCUT2D eigenvalue weighted by molar-refractivity contribution is -0.385. The van der Waals surface area contributed by atoms with Crippen molar-refractivity contribution in [2.75, 3.05) is 11.9 Å². The number of carbonyl (C=O) groups is 1. The van der Waals surface area contributed by atoms with Crippen molar-refractivity contribution >= 4 is 50.5 Å². The normalized spacial score (nSPS) is 10.0. The lowest BCUT2D eigenvalue weighted by Gasteiger charge is -2.12. The molecule has 0 radical (unpaired) electrons. The number of thiocarbonyl (C=S) groups is 1. The van der Waals surface area contributed by atoms with Gasteiger partial charge in [-0.1, -0.05) is 22.0 Å². The monoisotopic (exact) mass is 423 g/mol. The first-order valence-electron chi connectivity index (χ1n) is 7.10. The van der Waals surface area contributed by atoms with Crippen molar-refractivity contribution < 1.29 is 14.5 Å². The van der Waals surface area contributed by atoms with Gasteiger partial charge in [0, 0.05) is 10.5 Å². The number of carbonyl (C=O) groups excluding carboxylic acids is 1. The highest BCUT2D eigenvalue weighted by Gasteiger charge is 2.14. The summed E-state index contributed by atoms with van der Waals surface area (Å²) >= 11 is 8.36. The van der Waals surface area contributed by atoms with E-state index in [1.54, 1.807) is 37.3 Å². The summed E-state index contributed by atoms with van der Waals surface area (Å²) in [5, 5.41) is 16.2. The third-order valence-corrected chi connectivity index (χ3v) is 3.92. The molecule has 0 spiro atoms. The van der Waals surface area contributed by atoms with Crippen molar-refractivity contribution in [3.05, 3.63) is 62.6 Å². The molecule has 0 heterocycles. The molecular formula is C16H14BrN3O4S. The highest BCUT2D eigenvalue weighted by Crippen LogP contribution is 2.24. The molecule has 0 aliphatic heterocycles. The van der Waals surface area contributed by atoms with Crippen LogP contribution in [0.5, 0.6) is 5.75 Å². The quantitative estimate of drug-likeness (QED) is 0.433. The number of hydrogen-bond donors (Lipinski definition) is 2. The van der Waals surface area contributed by atoms with E-state index < -0.39 is 10.8 Å². The summed E-state index contributed by atoms with van der Waals surface area (Å²) in [4.78, 5) is 22.3. The van der Waals surface area contributed by atoms with Crippen LogP contribution in [0, 0.1) is 17.0 Å². The van der Waals surface area contributed by atoms with E-state index in [2.05, 4.69) is 26.6 Å². The summed E-state index contributed by atoms with van der Waals surface area (Å²) in [5.41, 5.74) is 0.848. The maximum absolute atomic E-state index is 11.9. The molecule has 0 saturated heterocycles. The highest BCUT2D eigenvalue weighted by molar-refractivity contribution is 9.10. The number of nitro groups is 1. The van der Waals surface area contributed by atoms with Crippen LogP contribution in [0.4, 0.5) is 11.4 Å². The molecule has 0 fully saturated rings. The number of halogens is 1. The van der Waals surface area contributed by atoms with Gasteiger partial charge in [0.1, 0.15) is 5.75 Å². The van der Waals surface area contributed by atoms with Crippen LogP contribution in [0.25, 0.3) is 0 Å². The fourth-order valence-electron chi connectivity index (χ4n) is 1.95. The van der Waals surface area contributed by atoms with E-state index in [-0.39, 0.29) is 17.4 Å². The largest absolute Gasteiger partial charge is 0.484 e. The predicted molar refractivity (Wildman–Crippen MR) is 102 cm³/mol. The molecule has 9 heteroatoms. The maximum Gasteiger partial charge on any atom is 0.274 e. The Kier molecular flexibility index (Phi) is 6.43. The van der Waals surface area contributed by atoms with Gasteiger partial charge in [0.2, 0.25) is 0 Å². The first kappa shape index (κ1) is 18.8. The third-order valence-electron chi connectivity index (χ3n) is 3.19. The highest BCUT2D eigenvalue weighted by atomic mass is 79.9. The molecule has 2 rings (SSSR count). The number of amides is 1. The smallest absolute Gasteiger partial charge is 0.274 e. The van der Waals surface area contributed by atoms with Gasteiger partial charge in [-0.05, 0) is 49.5 Å². The van der Waals surface area contributed by atoms with E-state index in [9.17, 15) is 14.9 Å². The van der Waals surface area contributed by atoms with Crippen LogP contribution >= 0.6 is 28.1 Å². The molecular weight excluding hydrogens is 410 g/mol. The minimum atomic E-state index is -0.478. The van der Waals surface area contributed by atoms with Crippen LogP contribution < -0.4 is 15.4 Å². The Hall–Kier alpha value is -2.52. The summed E-state index contributed by atoms with van der Waals surface area (Å²) in [7, 11) is 0. The average molecular weight is 424 g/mol. The van der Waals surface area contributed by atoms with Crippen molar-refractivity contribution in [2.45, 2.75) is 6.92 Å². The number of hydrogen-bond acceptors (Lipinski definition) is 5. The predicted octanol–water partition coefficient (Wildman–Crippen LogP) is 3.56. The summed E-state index contributed by atoms with van der Waals surface area (Å²) < 4.78 is 6.24. The second-order valence-corrected chi connectivity index (χ2v) is 6.28. The molecule has 130 valence electrons. The minimum absolute atomic E-state index is 0.0299. The second kappa shape index (κ2) is 8.54. The van der Waals surface area contributed by atoms with Gasteiger partial charge < -0.3 is 10.1 Å². The first-order valence-corrected chi connectivity index (χ1v) is 8.30. The molecule has 0 bridgehead atoms. The number of nitrogens with zero attached hydrogens (tertiary/aromatic N) is 1. The topological polar surface area (TPSA) is 93.5 Å². The number of ether oxygens (including phenoxy) is 1. The fourth-order valence-corrected chi connectivity index (χ4v) is 2.44. The van der Waals surface area contributed by atoms with E-state index in [0.29, 0.717) is 17.0 Å². The average Bonchev–Trinajstić information content (AvgIpc) is 2.56. The Bertz CT molecular complexity index is 812.